The maximum atomic E-state index is 12.8. The monoisotopic (exact) mass is 376 g/mol. The summed E-state index contributed by atoms with van der Waals surface area (Å²) in [5, 5.41) is 5.45. The smallest absolute Gasteiger partial charge is 0.354 e. The maximum absolute atomic E-state index is 12.8. The first-order valence-electron chi connectivity index (χ1n) is 8.68. The molecule has 0 unspecified atom stereocenters. The summed E-state index contributed by atoms with van der Waals surface area (Å²) in [7, 11) is 0. The van der Waals surface area contributed by atoms with Gasteiger partial charge in [0.2, 0.25) is 5.91 Å². The summed E-state index contributed by atoms with van der Waals surface area (Å²) in [6.45, 7) is 0.677. The van der Waals surface area contributed by atoms with Crippen LogP contribution in [0.25, 0.3) is 11.1 Å². The Bertz CT molecular complexity index is 828. The molecule has 0 heterocycles. The quantitative estimate of drug-likeness (QED) is 0.757. The Morgan fingerprint density at radius 3 is 2.22 bits per heavy atom. The van der Waals surface area contributed by atoms with Crippen molar-refractivity contribution < 1.29 is 22.8 Å². The van der Waals surface area contributed by atoms with E-state index in [2.05, 4.69) is 10.6 Å². The van der Waals surface area contributed by atoms with E-state index in [1.54, 1.807) is 30.3 Å². The third kappa shape index (κ3) is 5.09. The normalized spacial score (nSPS) is 13.9. The van der Waals surface area contributed by atoms with Crippen LogP contribution < -0.4 is 10.6 Å². The highest BCUT2D eigenvalue weighted by atomic mass is 19.4. The van der Waals surface area contributed by atoms with E-state index < -0.39 is 11.7 Å². The summed E-state index contributed by atoms with van der Waals surface area (Å²) in [4.78, 5) is 23.6. The minimum absolute atomic E-state index is 0.0229. The molecule has 27 heavy (non-hydrogen) atoms. The van der Waals surface area contributed by atoms with Crippen LogP contribution in [0.4, 0.5) is 13.2 Å². The van der Waals surface area contributed by atoms with Crippen molar-refractivity contribution in [2.24, 2.45) is 5.92 Å². The highest BCUT2D eigenvalue weighted by Gasteiger charge is 2.30. The summed E-state index contributed by atoms with van der Waals surface area (Å²) in [6.07, 6.45) is -2.54. The predicted molar refractivity (Wildman–Crippen MR) is 94.9 cm³/mol. The second-order valence-electron chi connectivity index (χ2n) is 6.48. The number of alkyl halides is 3. The SMILES string of the molecule is O=C(NCCNC(=O)C1CC1)c1ccc(-c2cccc(C(F)(F)F)c2)cc1. The van der Waals surface area contributed by atoms with Crippen molar-refractivity contribution in [3.05, 3.63) is 59.7 Å². The Hall–Kier alpha value is -2.83. The zero-order chi connectivity index (χ0) is 19.4. The van der Waals surface area contributed by atoms with Crippen LogP contribution in [0.3, 0.4) is 0 Å². The van der Waals surface area contributed by atoms with Gasteiger partial charge in [-0.2, -0.15) is 13.2 Å². The summed E-state index contributed by atoms with van der Waals surface area (Å²) < 4.78 is 38.5. The molecule has 7 heteroatoms. The third-order valence-corrected chi connectivity index (χ3v) is 4.33. The van der Waals surface area contributed by atoms with Crippen LogP contribution in [0.1, 0.15) is 28.8 Å². The second kappa shape index (κ2) is 7.82. The van der Waals surface area contributed by atoms with Crippen LogP contribution in [-0.4, -0.2) is 24.9 Å². The van der Waals surface area contributed by atoms with Crippen LogP contribution in [0.5, 0.6) is 0 Å². The molecule has 3 rings (SSSR count). The molecule has 0 atom stereocenters. The van der Waals surface area contributed by atoms with Crippen molar-refractivity contribution >= 4 is 11.8 Å². The third-order valence-electron chi connectivity index (χ3n) is 4.33. The van der Waals surface area contributed by atoms with E-state index in [4.69, 9.17) is 0 Å². The molecule has 142 valence electrons. The van der Waals surface area contributed by atoms with E-state index >= 15 is 0 Å². The van der Waals surface area contributed by atoms with Crippen molar-refractivity contribution in [2.75, 3.05) is 13.1 Å². The molecule has 0 aliphatic heterocycles. The Morgan fingerprint density at radius 1 is 0.926 bits per heavy atom. The number of carbonyl (C=O) groups excluding carboxylic acids is 2. The first-order chi connectivity index (χ1) is 12.8. The highest BCUT2D eigenvalue weighted by molar-refractivity contribution is 5.94. The minimum atomic E-state index is -4.40. The van der Waals surface area contributed by atoms with Gasteiger partial charge in [-0.25, -0.2) is 0 Å². The molecule has 1 fully saturated rings. The molecule has 0 saturated heterocycles. The fraction of sp³-hybridized carbons (Fsp3) is 0.300. The van der Waals surface area contributed by atoms with Gasteiger partial charge < -0.3 is 10.6 Å². The van der Waals surface area contributed by atoms with Crippen LogP contribution in [-0.2, 0) is 11.0 Å². The zero-order valence-electron chi connectivity index (χ0n) is 14.5. The Kier molecular flexibility index (Phi) is 5.48. The number of rotatable bonds is 6. The lowest BCUT2D eigenvalue weighted by Crippen LogP contribution is -2.35. The molecule has 2 N–H and O–H groups in total. The lowest BCUT2D eigenvalue weighted by atomic mass is 10.0. The number of halogens is 3. The van der Waals surface area contributed by atoms with Gasteiger partial charge in [-0.3, -0.25) is 9.59 Å². The van der Waals surface area contributed by atoms with Crippen molar-refractivity contribution in [3.63, 3.8) is 0 Å². The maximum Gasteiger partial charge on any atom is 0.416 e. The van der Waals surface area contributed by atoms with Gasteiger partial charge in [0.25, 0.3) is 5.91 Å². The first-order valence-corrected chi connectivity index (χ1v) is 8.68. The largest absolute Gasteiger partial charge is 0.416 e. The Morgan fingerprint density at radius 2 is 1.59 bits per heavy atom. The fourth-order valence-corrected chi connectivity index (χ4v) is 2.64. The predicted octanol–water partition coefficient (Wildman–Crippen LogP) is 3.63. The number of nitrogens with one attached hydrogen (secondary N) is 2. The summed E-state index contributed by atoms with van der Waals surface area (Å²) in [5.41, 5.74) is 0.711. The summed E-state index contributed by atoms with van der Waals surface area (Å²) in [5.74, 6) is -0.148. The number of benzene rings is 2. The standard InChI is InChI=1S/C20H19F3N2O2/c21-20(22,23)17-3-1-2-16(12-17)13-4-6-14(7-5-13)18(26)24-10-11-25-19(27)15-8-9-15/h1-7,12,15H,8-11H2,(H,24,26)(H,25,27). The van der Waals surface area contributed by atoms with Crippen molar-refractivity contribution in [1.82, 2.24) is 10.6 Å². The molecular weight excluding hydrogens is 357 g/mol. The van der Waals surface area contributed by atoms with Crippen molar-refractivity contribution in [2.45, 2.75) is 19.0 Å². The van der Waals surface area contributed by atoms with Gasteiger partial charge in [0, 0.05) is 24.6 Å². The van der Waals surface area contributed by atoms with Crippen LogP contribution >= 0.6 is 0 Å². The topological polar surface area (TPSA) is 58.2 Å². The molecule has 0 bridgehead atoms. The molecule has 0 spiro atoms. The molecule has 2 amide bonds. The molecule has 2 aromatic rings. The highest BCUT2D eigenvalue weighted by Crippen LogP contribution is 2.32. The average molecular weight is 376 g/mol. The molecular formula is C20H19F3N2O2. The van der Waals surface area contributed by atoms with E-state index in [0.717, 1.165) is 25.0 Å². The first kappa shape index (κ1) is 18.9. The van der Waals surface area contributed by atoms with Gasteiger partial charge in [0.05, 0.1) is 5.56 Å². The van der Waals surface area contributed by atoms with E-state index in [1.807, 2.05) is 0 Å². The van der Waals surface area contributed by atoms with Gasteiger partial charge in [-0.15, -0.1) is 0 Å². The lowest BCUT2D eigenvalue weighted by molar-refractivity contribution is -0.137. The minimum Gasteiger partial charge on any atom is -0.354 e. The van der Waals surface area contributed by atoms with Crippen LogP contribution in [0, 0.1) is 5.92 Å². The van der Waals surface area contributed by atoms with Gasteiger partial charge in [0.1, 0.15) is 0 Å². The molecule has 4 nitrogen and oxygen atoms in total. The van der Waals surface area contributed by atoms with Gasteiger partial charge in [-0.1, -0.05) is 24.3 Å². The molecule has 2 aromatic carbocycles. The van der Waals surface area contributed by atoms with E-state index in [9.17, 15) is 22.8 Å². The number of hydrogen-bond donors (Lipinski definition) is 2. The molecule has 1 aliphatic carbocycles. The average Bonchev–Trinajstić information content (AvgIpc) is 3.50. The van der Waals surface area contributed by atoms with Crippen molar-refractivity contribution in [3.8, 4) is 11.1 Å². The van der Waals surface area contributed by atoms with Gasteiger partial charge >= 0.3 is 6.18 Å². The molecule has 0 aromatic heterocycles. The molecule has 1 saturated carbocycles. The Balaban J connectivity index is 1.56. The van der Waals surface area contributed by atoms with Crippen molar-refractivity contribution in [1.29, 1.82) is 0 Å². The molecule has 1 aliphatic rings. The van der Waals surface area contributed by atoms with E-state index in [1.165, 1.54) is 6.07 Å². The van der Waals surface area contributed by atoms with Crippen LogP contribution in [0.2, 0.25) is 0 Å². The Labute approximate surface area is 154 Å². The van der Waals surface area contributed by atoms with E-state index in [-0.39, 0.29) is 17.7 Å². The summed E-state index contributed by atoms with van der Waals surface area (Å²) in [6, 6.07) is 11.4. The number of carbonyl (C=O) groups is 2. The van der Waals surface area contributed by atoms with E-state index in [0.29, 0.717) is 29.8 Å². The van der Waals surface area contributed by atoms with Gasteiger partial charge in [-0.05, 0) is 48.2 Å². The van der Waals surface area contributed by atoms with Crippen LogP contribution in [0.15, 0.2) is 48.5 Å². The van der Waals surface area contributed by atoms with Gasteiger partial charge in [0.15, 0.2) is 0 Å². The number of amides is 2. The number of hydrogen-bond acceptors (Lipinski definition) is 2. The second-order valence-corrected chi connectivity index (χ2v) is 6.48. The lowest BCUT2D eigenvalue weighted by Gasteiger charge is -2.10. The molecule has 0 radical (unpaired) electrons. The fourth-order valence-electron chi connectivity index (χ4n) is 2.64. The summed E-state index contributed by atoms with van der Waals surface area (Å²) >= 11 is 0. The zero-order valence-corrected chi connectivity index (χ0v) is 14.5.